The summed E-state index contributed by atoms with van der Waals surface area (Å²) in [4.78, 5) is 23.9. The molecule has 1 aromatic heterocycles. The number of thiocarbonyl (C=S) groups is 1. The van der Waals surface area contributed by atoms with Gasteiger partial charge in [-0.1, -0.05) is 6.42 Å². The highest BCUT2D eigenvalue weighted by atomic mass is 32.1. The Morgan fingerprint density at radius 3 is 2.61 bits per heavy atom. The minimum Gasteiger partial charge on any atom is -0.484 e. The molecule has 0 bridgehead atoms. The second-order valence-corrected chi connectivity index (χ2v) is 8.73. The van der Waals surface area contributed by atoms with Gasteiger partial charge >= 0.3 is 12.1 Å². The Labute approximate surface area is 196 Å². The van der Waals surface area contributed by atoms with Crippen LogP contribution in [-0.4, -0.2) is 35.9 Å². The number of carbonyl (C=O) groups is 1. The van der Waals surface area contributed by atoms with Gasteiger partial charge in [-0.2, -0.15) is 13.2 Å². The van der Waals surface area contributed by atoms with Gasteiger partial charge in [0.1, 0.15) is 10.8 Å². The molecule has 0 aliphatic heterocycles. The number of anilines is 2. The Bertz CT molecular complexity index is 1070. The number of nitrogens with zero attached hydrogens (tertiary/aromatic N) is 1. The first-order valence-corrected chi connectivity index (χ1v) is 11.1. The van der Waals surface area contributed by atoms with Crippen LogP contribution in [0.5, 0.6) is 5.75 Å². The van der Waals surface area contributed by atoms with Crippen LogP contribution in [0.4, 0.5) is 29.5 Å². The van der Waals surface area contributed by atoms with Crippen molar-refractivity contribution in [1.29, 1.82) is 0 Å². The lowest BCUT2D eigenvalue weighted by molar-refractivity contribution is -0.384. The van der Waals surface area contributed by atoms with E-state index >= 15 is 0 Å². The van der Waals surface area contributed by atoms with Crippen LogP contribution in [-0.2, 0) is 17.6 Å². The summed E-state index contributed by atoms with van der Waals surface area (Å²) in [6, 6.07) is 3.16. The van der Waals surface area contributed by atoms with Gasteiger partial charge in [0, 0.05) is 17.0 Å². The van der Waals surface area contributed by atoms with Crippen molar-refractivity contribution >= 4 is 51.0 Å². The van der Waals surface area contributed by atoms with Gasteiger partial charge in [0.05, 0.1) is 29.4 Å². The first-order valence-electron chi connectivity index (χ1n) is 9.87. The zero-order valence-corrected chi connectivity index (χ0v) is 19.0. The molecule has 0 atom stereocenters. The maximum Gasteiger partial charge on any atom is 0.422 e. The number of alkyl halides is 3. The SMILES string of the molecule is COC(=O)c1c(NC(=S)Nc2cc(OCC(F)(F)F)cc([N+](=O)[O-])c2)sc2c1CCCCC2. The summed E-state index contributed by atoms with van der Waals surface area (Å²) in [5, 5.41) is 17.3. The van der Waals surface area contributed by atoms with Crippen LogP contribution in [0.3, 0.4) is 0 Å². The molecule has 0 fully saturated rings. The zero-order chi connectivity index (χ0) is 24.2. The normalized spacial score (nSPS) is 13.5. The average Bonchev–Trinajstić information content (AvgIpc) is 2.91. The Balaban J connectivity index is 1.82. The summed E-state index contributed by atoms with van der Waals surface area (Å²) < 4.78 is 47.0. The monoisotopic (exact) mass is 503 g/mol. The van der Waals surface area contributed by atoms with Crippen LogP contribution in [0, 0.1) is 10.1 Å². The Kier molecular flexibility index (Phi) is 7.74. The fourth-order valence-electron chi connectivity index (χ4n) is 3.42. The highest BCUT2D eigenvalue weighted by Gasteiger charge is 2.29. The van der Waals surface area contributed by atoms with Gasteiger partial charge in [-0.05, 0) is 43.5 Å². The summed E-state index contributed by atoms with van der Waals surface area (Å²) in [6.45, 7) is -1.60. The quantitative estimate of drug-likeness (QED) is 0.176. The fourth-order valence-corrected chi connectivity index (χ4v) is 4.99. The number of benzene rings is 1. The number of esters is 1. The van der Waals surface area contributed by atoms with Crippen molar-refractivity contribution < 1.29 is 32.4 Å². The van der Waals surface area contributed by atoms with E-state index in [4.69, 9.17) is 17.0 Å². The van der Waals surface area contributed by atoms with Crippen molar-refractivity contribution in [2.24, 2.45) is 0 Å². The molecule has 2 N–H and O–H groups in total. The van der Waals surface area contributed by atoms with Gasteiger partial charge in [-0.15, -0.1) is 11.3 Å². The first kappa shape index (κ1) is 24.7. The van der Waals surface area contributed by atoms with Crippen LogP contribution < -0.4 is 15.4 Å². The van der Waals surface area contributed by atoms with Crippen LogP contribution in [0.2, 0.25) is 0 Å². The number of non-ortho nitro benzene ring substituents is 1. The van der Waals surface area contributed by atoms with E-state index in [-0.39, 0.29) is 16.5 Å². The van der Waals surface area contributed by atoms with Crippen molar-refractivity contribution in [2.75, 3.05) is 24.4 Å². The highest BCUT2D eigenvalue weighted by molar-refractivity contribution is 7.80. The van der Waals surface area contributed by atoms with Crippen molar-refractivity contribution in [3.63, 3.8) is 0 Å². The molecule has 3 rings (SSSR count). The number of halogens is 3. The lowest BCUT2D eigenvalue weighted by Crippen LogP contribution is -2.21. The van der Waals surface area contributed by atoms with Crippen LogP contribution in [0.25, 0.3) is 0 Å². The summed E-state index contributed by atoms with van der Waals surface area (Å²) in [5.41, 5.74) is 0.902. The van der Waals surface area contributed by atoms with Gasteiger partial charge in [0.15, 0.2) is 11.7 Å². The third-order valence-corrected chi connectivity index (χ3v) is 6.21. The standard InChI is InChI=1S/C20H20F3N3O5S2/c1-30-18(27)16-14-5-3-2-4-6-15(14)33-17(16)25-19(32)24-11-7-12(26(28)29)9-13(8-11)31-10-20(21,22)23/h7-9H,2-6,10H2,1H3,(H2,24,25,32). The minimum atomic E-state index is -4.60. The Morgan fingerprint density at radius 1 is 1.21 bits per heavy atom. The van der Waals surface area contributed by atoms with Crippen molar-refractivity contribution in [3.8, 4) is 5.75 Å². The van der Waals surface area contributed by atoms with Crippen LogP contribution >= 0.6 is 23.6 Å². The minimum absolute atomic E-state index is 0.00108. The topological polar surface area (TPSA) is 103 Å². The van der Waals surface area contributed by atoms with E-state index in [0.717, 1.165) is 60.7 Å². The lowest BCUT2D eigenvalue weighted by atomic mass is 10.1. The summed E-state index contributed by atoms with van der Waals surface area (Å²) >= 11 is 6.67. The number of methoxy groups -OCH3 is 1. The molecule has 2 aromatic rings. The third kappa shape index (κ3) is 6.54. The number of nitro benzene ring substituents is 1. The molecule has 1 heterocycles. The molecule has 8 nitrogen and oxygen atoms in total. The van der Waals surface area contributed by atoms with Crippen molar-refractivity contribution in [2.45, 2.75) is 38.3 Å². The fraction of sp³-hybridized carbons (Fsp3) is 0.400. The predicted octanol–water partition coefficient (Wildman–Crippen LogP) is 5.46. The molecular weight excluding hydrogens is 483 g/mol. The molecule has 0 saturated heterocycles. The maximum absolute atomic E-state index is 12.5. The summed E-state index contributed by atoms with van der Waals surface area (Å²) in [7, 11) is 1.29. The number of fused-ring (bicyclic) bond motifs is 1. The molecule has 0 amide bonds. The van der Waals surface area contributed by atoms with E-state index in [9.17, 15) is 28.1 Å². The van der Waals surface area contributed by atoms with E-state index in [0.29, 0.717) is 10.6 Å². The van der Waals surface area contributed by atoms with E-state index < -0.39 is 29.4 Å². The molecule has 0 radical (unpaired) electrons. The first-order chi connectivity index (χ1) is 15.6. The van der Waals surface area contributed by atoms with Crippen molar-refractivity contribution in [3.05, 3.63) is 44.3 Å². The van der Waals surface area contributed by atoms with E-state index in [1.54, 1.807) is 0 Å². The van der Waals surface area contributed by atoms with E-state index in [1.165, 1.54) is 18.4 Å². The molecule has 1 aromatic carbocycles. The maximum atomic E-state index is 12.5. The zero-order valence-electron chi connectivity index (χ0n) is 17.4. The number of rotatable bonds is 6. The van der Waals surface area contributed by atoms with Gasteiger partial charge in [0.2, 0.25) is 0 Å². The number of thiophene rings is 1. The molecule has 0 spiro atoms. The smallest absolute Gasteiger partial charge is 0.422 e. The largest absolute Gasteiger partial charge is 0.484 e. The van der Waals surface area contributed by atoms with E-state index in [2.05, 4.69) is 15.4 Å². The predicted molar refractivity (Wildman–Crippen MR) is 121 cm³/mol. The number of nitrogens with one attached hydrogen (secondary N) is 2. The number of hydrogen-bond acceptors (Lipinski definition) is 7. The number of nitro groups is 1. The average molecular weight is 504 g/mol. The Morgan fingerprint density at radius 2 is 1.94 bits per heavy atom. The molecule has 33 heavy (non-hydrogen) atoms. The van der Waals surface area contributed by atoms with Crippen molar-refractivity contribution in [1.82, 2.24) is 0 Å². The van der Waals surface area contributed by atoms with Crippen LogP contribution in [0.15, 0.2) is 18.2 Å². The summed E-state index contributed by atoms with van der Waals surface area (Å²) in [6.07, 6.45) is -0.0126. The lowest BCUT2D eigenvalue weighted by Gasteiger charge is -2.13. The molecule has 178 valence electrons. The number of carbonyl (C=O) groups excluding carboxylic acids is 1. The van der Waals surface area contributed by atoms with Gasteiger partial charge < -0.3 is 20.1 Å². The van der Waals surface area contributed by atoms with E-state index in [1.807, 2.05) is 0 Å². The van der Waals surface area contributed by atoms with Gasteiger partial charge in [-0.3, -0.25) is 10.1 Å². The van der Waals surface area contributed by atoms with Gasteiger partial charge in [0.25, 0.3) is 5.69 Å². The molecule has 0 saturated carbocycles. The molecule has 1 aliphatic rings. The second kappa shape index (κ2) is 10.3. The number of ether oxygens (including phenoxy) is 2. The molecular formula is C20H20F3N3O5S2. The second-order valence-electron chi connectivity index (χ2n) is 7.22. The number of hydrogen-bond donors (Lipinski definition) is 2. The third-order valence-electron chi connectivity index (χ3n) is 4.80. The van der Waals surface area contributed by atoms with Gasteiger partial charge in [-0.25, -0.2) is 4.79 Å². The summed E-state index contributed by atoms with van der Waals surface area (Å²) in [5.74, 6) is -0.845. The molecule has 0 unspecified atom stereocenters. The molecule has 13 heteroatoms. The molecule has 1 aliphatic carbocycles. The number of aryl methyl sites for hydroxylation is 1. The van der Waals surface area contributed by atoms with Crippen LogP contribution in [0.1, 0.15) is 40.1 Å². The Hall–Kier alpha value is -2.93. The highest BCUT2D eigenvalue weighted by Crippen LogP contribution is 2.38.